The van der Waals surface area contributed by atoms with E-state index in [1.165, 1.54) is 57.8 Å². The van der Waals surface area contributed by atoms with E-state index in [2.05, 4.69) is 18.7 Å². The normalized spacial score (nSPS) is 50.8. The third-order valence-corrected chi connectivity index (χ3v) is 12.4. The molecule has 0 heterocycles. The van der Waals surface area contributed by atoms with Gasteiger partial charge in [0.05, 0.1) is 0 Å². The maximum Gasteiger partial charge on any atom is 0.0135 e. The second-order valence-corrected chi connectivity index (χ2v) is 14.3. The molecule has 6 aliphatic rings. The molecular formula is C32H55N. The van der Waals surface area contributed by atoms with Gasteiger partial charge in [0.1, 0.15) is 0 Å². The van der Waals surface area contributed by atoms with Crippen LogP contribution in [0.25, 0.3) is 0 Å². The molecule has 0 spiro atoms. The van der Waals surface area contributed by atoms with Crippen molar-refractivity contribution < 1.29 is 0 Å². The Kier molecular flexibility index (Phi) is 7.18. The van der Waals surface area contributed by atoms with E-state index in [1.807, 2.05) is 0 Å². The van der Waals surface area contributed by atoms with Gasteiger partial charge < -0.3 is 0 Å². The van der Waals surface area contributed by atoms with E-state index in [-0.39, 0.29) is 0 Å². The summed E-state index contributed by atoms with van der Waals surface area (Å²) in [4.78, 5) is 3.34. The predicted molar refractivity (Wildman–Crippen MR) is 140 cm³/mol. The van der Waals surface area contributed by atoms with Crippen molar-refractivity contribution in [2.24, 2.45) is 47.3 Å². The molecule has 188 valence electrons. The molecule has 11 atom stereocenters. The van der Waals surface area contributed by atoms with Gasteiger partial charge in [0.15, 0.2) is 0 Å². The Morgan fingerprint density at radius 3 is 1.67 bits per heavy atom. The van der Waals surface area contributed by atoms with E-state index in [4.69, 9.17) is 0 Å². The van der Waals surface area contributed by atoms with Gasteiger partial charge in [0.2, 0.25) is 0 Å². The maximum atomic E-state index is 3.34. The quantitative estimate of drug-likeness (QED) is 0.412. The van der Waals surface area contributed by atoms with Gasteiger partial charge in [-0.05, 0) is 112 Å². The van der Waals surface area contributed by atoms with Crippen molar-refractivity contribution in [3.8, 4) is 0 Å². The Balaban J connectivity index is 1.33. The average Bonchev–Trinajstić information content (AvgIpc) is 2.84. The summed E-state index contributed by atoms with van der Waals surface area (Å²) >= 11 is 0. The van der Waals surface area contributed by atoms with Crippen molar-refractivity contribution >= 4 is 0 Å². The van der Waals surface area contributed by atoms with Crippen LogP contribution in [0, 0.1) is 47.3 Å². The molecule has 6 saturated carbocycles. The molecule has 1 heteroatoms. The Bertz CT molecular complexity index is 620. The van der Waals surface area contributed by atoms with E-state index >= 15 is 0 Å². The van der Waals surface area contributed by atoms with Crippen molar-refractivity contribution in [2.45, 2.75) is 154 Å². The SMILES string of the molecule is CC1CCCC(N(C2CCCC(C)C2)C2CC3C4CCCCC4CCC3C3CCCCC32)C1. The molecule has 33 heavy (non-hydrogen) atoms. The van der Waals surface area contributed by atoms with Crippen molar-refractivity contribution in [1.82, 2.24) is 4.90 Å². The summed E-state index contributed by atoms with van der Waals surface area (Å²) < 4.78 is 0. The summed E-state index contributed by atoms with van der Waals surface area (Å²) in [6, 6.07) is 2.78. The number of hydrogen-bond acceptors (Lipinski definition) is 1. The summed E-state index contributed by atoms with van der Waals surface area (Å²) in [6.45, 7) is 5.14. The lowest BCUT2D eigenvalue weighted by Crippen LogP contribution is -2.61. The van der Waals surface area contributed by atoms with Crippen molar-refractivity contribution in [3.63, 3.8) is 0 Å². The minimum absolute atomic E-state index is 0.916. The van der Waals surface area contributed by atoms with Crippen molar-refractivity contribution in [2.75, 3.05) is 0 Å². The third-order valence-electron chi connectivity index (χ3n) is 12.4. The Labute approximate surface area is 206 Å². The molecule has 6 fully saturated rings. The molecule has 0 aromatic carbocycles. The zero-order chi connectivity index (χ0) is 22.4. The highest BCUT2D eigenvalue weighted by Gasteiger charge is 2.53. The minimum atomic E-state index is 0.916. The van der Waals surface area contributed by atoms with Gasteiger partial charge >= 0.3 is 0 Å². The first kappa shape index (κ1) is 23.4. The number of fused-ring (bicyclic) bond motifs is 5. The molecule has 0 N–H and O–H groups in total. The lowest BCUT2D eigenvalue weighted by Gasteiger charge is -2.61. The number of nitrogens with zero attached hydrogens (tertiary/aromatic N) is 1. The van der Waals surface area contributed by atoms with Crippen LogP contribution in [0.2, 0.25) is 0 Å². The summed E-state index contributed by atoms with van der Waals surface area (Å²) in [5, 5.41) is 0. The van der Waals surface area contributed by atoms with Crippen LogP contribution in [-0.2, 0) is 0 Å². The highest BCUT2D eigenvalue weighted by atomic mass is 15.2. The minimum Gasteiger partial charge on any atom is -0.294 e. The molecule has 11 unspecified atom stereocenters. The standard InChI is InChI=1S/C32H55N/c1-22-9-7-12-25(19-22)33(26-13-8-10-23(2)20-26)32-21-31-27-14-4-3-11-24(27)17-18-29(31)28-15-5-6-16-30(28)32/h22-32H,3-21H2,1-2H3. The molecule has 0 bridgehead atoms. The summed E-state index contributed by atoms with van der Waals surface area (Å²) in [5.74, 6) is 8.50. The van der Waals surface area contributed by atoms with Crippen LogP contribution in [0.5, 0.6) is 0 Å². The third kappa shape index (κ3) is 4.60. The van der Waals surface area contributed by atoms with Gasteiger partial charge in [-0.15, -0.1) is 0 Å². The second kappa shape index (κ2) is 10.1. The molecule has 0 aromatic heterocycles. The lowest BCUT2D eigenvalue weighted by atomic mass is 9.50. The Hall–Kier alpha value is -0.0400. The van der Waals surface area contributed by atoms with E-state index in [0.717, 1.165) is 65.5 Å². The molecule has 6 rings (SSSR count). The van der Waals surface area contributed by atoms with Gasteiger partial charge in [-0.1, -0.05) is 71.6 Å². The molecule has 0 aliphatic heterocycles. The zero-order valence-corrected chi connectivity index (χ0v) is 22.2. The van der Waals surface area contributed by atoms with Crippen LogP contribution in [0.3, 0.4) is 0 Å². The first-order chi connectivity index (χ1) is 16.2. The van der Waals surface area contributed by atoms with Crippen LogP contribution in [0.15, 0.2) is 0 Å². The molecule has 0 saturated heterocycles. The topological polar surface area (TPSA) is 3.24 Å². The molecule has 6 aliphatic carbocycles. The molecule has 0 amide bonds. The van der Waals surface area contributed by atoms with Gasteiger partial charge in [0.25, 0.3) is 0 Å². The molecule has 0 radical (unpaired) electrons. The van der Waals surface area contributed by atoms with Gasteiger partial charge in [-0.2, -0.15) is 0 Å². The smallest absolute Gasteiger partial charge is 0.0135 e. The summed E-state index contributed by atoms with van der Waals surface area (Å²) in [7, 11) is 0. The van der Waals surface area contributed by atoms with Crippen LogP contribution >= 0.6 is 0 Å². The van der Waals surface area contributed by atoms with Crippen LogP contribution in [0.1, 0.15) is 136 Å². The lowest BCUT2D eigenvalue weighted by molar-refractivity contribution is -0.111. The highest BCUT2D eigenvalue weighted by molar-refractivity contribution is 5.05. The highest BCUT2D eigenvalue weighted by Crippen LogP contribution is 2.58. The van der Waals surface area contributed by atoms with Gasteiger partial charge in [0, 0.05) is 18.1 Å². The zero-order valence-electron chi connectivity index (χ0n) is 22.2. The monoisotopic (exact) mass is 453 g/mol. The fraction of sp³-hybridized carbons (Fsp3) is 1.00. The second-order valence-electron chi connectivity index (χ2n) is 14.3. The molecule has 0 aromatic rings. The maximum absolute atomic E-state index is 3.34. The van der Waals surface area contributed by atoms with Crippen LogP contribution < -0.4 is 0 Å². The van der Waals surface area contributed by atoms with Gasteiger partial charge in [-0.25, -0.2) is 0 Å². The summed E-state index contributed by atoms with van der Waals surface area (Å²) in [5.41, 5.74) is 0. The first-order valence-corrected chi connectivity index (χ1v) is 16.0. The van der Waals surface area contributed by atoms with E-state index < -0.39 is 0 Å². The van der Waals surface area contributed by atoms with Crippen LogP contribution in [-0.4, -0.2) is 23.0 Å². The van der Waals surface area contributed by atoms with Crippen molar-refractivity contribution in [1.29, 1.82) is 0 Å². The van der Waals surface area contributed by atoms with E-state index in [0.29, 0.717) is 0 Å². The van der Waals surface area contributed by atoms with Gasteiger partial charge in [-0.3, -0.25) is 4.90 Å². The Morgan fingerprint density at radius 2 is 1.00 bits per heavy atom. The van der Waals surface area contributed by atoms with Crippen molar-refractivity contribution in [3.05, 3.63) is 0 Å². The largest absolute Gasteiger partial charge is 0.294 e. The number of rotatable bonds is 3. The first-order valence-electron chi connectivity index (χ1n) is 16.0. The van der Waals surface area contributed by atoms with E-state index in [1.54, 1.807) is 64.2 Å². The average molecular weight is 454 g/mol. The Morgan fingerprint density at radius 1 is 0.424 bits per heavy atom. The fourth-order valence-corrected chi connectivity index (χ4v) is 11.2. The number of hydrogen-bond donors (Lipinski definition) is 0. The van der Waals surface area contributed by atoms with E-state index in [9.17, 15) is 0 Å². The summed E-state index contributed by atoms with van der Waals surface area (Å²) in [6.07, 6.45) is 29.4. The fourth-order valence-electron chi connectivity index (χ4n) is 11.2. The van der Waals surface area contributed by atoms with Crippen LogP contribution in [0.4, 0.5) is 0 Å². The molecular weight excluding hydrogens is 398 g/mol. The predicted octanol–water partition coefficient (Wildman–Crippen LogP) is 8.86. The molecule has 1 nitrogen and oxygen atoms in total.